The quantitative estimate of drug-likeness (QED) is 0.554. The van der Waals surface area contributed by atoms with Gasteiger partial charge in [-0.15, -0.1) is 0 Å². The average Bonchev–Trinajstić information content (AvgIpc) is 2.43. The largest absolute Gasteiger partial charge is 0.343 e. The Labute approximate surface area is 152 Å². The van der Waals surface area contributed by atoms with Crippen LogP contribution in [0.1, 0.15) is 73.4 Å². The van der Waals surface area contributed by atoms with Gasteiger partial charge in [-0.3, -0.25) is 0 Å². The zero-order valence-electron chi connectivity index (χ0n) is 17.3. The molecule has 0 amide bonds. The minimum atomic E-state index is -0.0144. The molecule has 1 heterocycles. The van der Waals surface area contributed by atoms with E-state index in [1.807, 2.05) is 0 Å². The number of anilines is 1. The highest BCUT2D eigenvalue weighted by Crippen LogP contribution is 2.43. The molecule has 0 saturated heterocycles. The fraction of sp³-hybridized carbons (Fsp3) is 0.522. The van der Waals surface area contributed by atoms with Crippen molar-refractivity contribution in [3.05, 3.63) is 35.4 Å². The molecular weight excluding hydrogens is 304 g/mol. The van der Waals surface area contributed by atoms with Gasteiger partial charge in [-0.05, 0) is 39.5 Å². The third-order valence-corrected chi connectivity index (χ3v) is 4.96. The lowest BCUT2D eigenvalue weighted by Gasteiger charge is -2.30. The van der Waals surface area contributed by atoms with Crippen molar-refractivity contribution in [2.45, 2.75) is 73.1 Å². The molecule has 2 aromatic rings. The van der Waals surface area contributed by atoms with E-state index in [9.17, 15) is 0 Å². The highest BCUT2D eigenvalue weighted by Gasteiger charge is 2.27. The lowest BCUT2D eigenvalue weighted by atomic mass is 9.81. The molecule has 0 bridgehead atoms. The van der Waals surface area contributed by atoms with E-state index >= 15 is 0 Å². The maximum absolute atomic E-state index is 5.01. The molecule has 25 heavy (non-hydrogen) atoms. The molecule has 0 atom stereocenters. The molecule has 3 rings (SSSR count). The first kappa shape index (κ1) is 18.0. The standard InChI is InChI=1S/C23H32N2/c1-21(2,3)15-10-14-11-16(22(4,5)6)13-18-19(14)17(12-15)24-20(25-18)23(7,8)9/h10-13H,1-9H3,(H,24,25). The number of rotatable bonds is 0. The Balaban J connectivity index is 2.37. The van der Waals surface area contributed by atoms with Crippen molar-refractivity contribution in [1.29, 1.82) is 0 Å². The van der Waals surface area contributed by atoms with Crippen LogP contribution in [0.4, 0.5) is 11.4 Å². The van der Waals surface area contributed by atoms with Crippen LogP contribution in [-0.4, -0.2) is 5.84 Å². The third kappa shape index (κ3) is 3.31. The summed E-state index contributed by atoms with van der Waals surface area (Å²) < 4.78 is 0. The van der Waals surface area contributed by atoms with Gasteiger partial charge in [-0.1, -0.05) is 74.4 Å². The molecule has 0 fully saturated rings. The zero-order valence-corrected chi connectivity index (χ0v) is 17.3. The van der Waals surface area contributed by atoms with Crippen molar-refractivity contribution < 1.29 is 0 Å². The maximum Gasteiger partial charge on any atom is 0.112 e. The Morgan fingerprint density at radius 2 is 1.20 bits per heavy atom. The third-order valence-electron chi connectivity index (χ3n) is 4.96. The number of aliphatic imine (C=N–C) groups is 1. The minimum absolute atomic E-state index is 0.0144. The van der Waals surface area contributed by atoms with Crippen LogP contribution in [-0.2, 0) is 10.8 Å². The summed E-state index contributed by atoms with van der Waals surface area (Å²) in [5.74, 6) is 1.04. The predicted octanol–water partition coefficient (Wildman–Crippen LogP) is 6.94. The number of benzene rings is 2. The SMILES string of the molecule is CC(C)(C)C1=Nc2cc(C(C)(C)C)cc3cc(C(C)(C)C)cc(c23)N1. The van der Waals surface area contributed by atoms with Crippen LogP contribution in [0.15, 0.2) is 29.3 Å². The van der Waals surface area contributed by atoms with Gasteiger partial charge in [0.2, 0.25) is 0 Å². The fourth-order valence-corrected chi connectivity index (χ4v) is 3.18. The van der Waals surface area contributed by atoms with Gasteiger partial charge in [0.05, 0.1) is 5.69 Å². The molecule has 2 nitrogen and oxygen atoms in total. The van der Waals surface area contributed by atoms with Gasteiger partial charge in [-0.2, -0.15) is 0 Å². The molecule has 134 valence electrons. The van der Waals surface area contributed by atoms with Gasteiger partial charge >= 0.3 is 0 Å². The first-order valence-electron chi connectivity index (χ1n) is 9.26. The predicted molar refractivity (Wildman–Crippen MR) is 112 cm³/mol. The van der Waals surface area contributed by atoms with Crippen LogP contribution in [0.25, 0.3) is 10.8 Å². The minimum Gasteiger partial charge on any atom is -0.343 e. The van der Waals surface area contributed by atoms with Crippen LogP contribution in [0.3, 0.4) is 0 Å². The average molecular weight is 337 g/mol. The van der Waals surface area contributed by atoms with E-state index in [4.69, 9.17) is 4.99 Å². The van der Waals surface area contributed by atoms with Crippen molar-refractivity contribution in [3.8, 4) is 0 Å². The lowest BCUT2D eigenvalue weighted by molar-refractivity contribution is 0.586. The van der Waals surface area contributed by atoms with Crippen molar-refractivity contribution >= 4 is 28.0 Å². The van der Waals surface area contributed by atoms with E-state index in [1.165, 1.54) is 27.6 Å². The van der Waals surface area contributed by atoms with Gasteiger partial charge in [-0.25, -0.2) is 4.99 Å². The van der Waals surface area contributed by atoms with Crippen LogP contribution in [0.2, 0.25) is 0 Å². The van der Waals surface area contributed by atoms with E-state index in [0.717, 1.165) is 11.5 Å². The first-order chi connectivity index (χ1) is 11.3. The first-order valence-corrected chi connectivity index (χ1v) is 9.26. The maximum atomic E-state index is 5.01. The molecule has 1 aliphatic rings. The topological polar surface area (TPSA) is 24.4 Å². The summed E-state index contributed by atoms with van der Waals surface area (Å²) in [6.07, 6.45) is 0. The van der Waals surface area contributed by atoms with Gasteiger partial charge in [0.15, 0.2) is 0 Å². The van der Waals surface area contributed by atoms with E-state index in [1.54, 1.807) is 0 Å². The summed E-state index contributed by atoms with van der Waals surface area (Å²) in [7, 11) is 0. The smallest absolute Gasteiger partial charge is 0.112 e. The summed E-state index contributed by atoms with van der Waals surface area (Å²) in [5, 5.41) is 6.15. The molecular formula is C23H32N2. The Morgan fingerprint density at radius 1 is 0.680 bits per heavy atom. The van der Waals surface area contributed by atoms with Crippen molar-refractivity contribution in [2.24, 2.45) is 10.4 Å². The normalized spacial score (nSPS) is 15.2. The summed E-state index contributed by atoms with van der Waals surface area (Å²) >= 11 is 0. The molecule has 0 aromatic heterocycles. The number of amidine groups is 1. The van der Waals surface area contributed by atoms with Crippen molar-refractivity contribution in [2.75, 3.05) is 5.32 Å². The van der Waals surface area contributed by atoms with Crippen molar-refractivity contribution in [1.82, 2.24) is 0 Å². The summed E-state index contributed by atoms with van der Waals surface area (Å²) in [4.78, 5) is 5.01. The van der Waals surface area contributed by atoms with Crippen molar-refractivity contribution in [3.63, 3.8) is 0 Å². The van der Waals surface area contributed by atoms with E-state index in [2.05, 4.69) is 91.9 Å². The second-order valence-corrected chi connectivity index (χ2v) is 10.5. The Hall–Kier alpha value is -1.83. The Bertz CT molecular complexity index is 861. The monoisotopic (exact) mass is 336 g/mol. The second kappa shape index (κ2) is 5.33. The zero-order chi connectivity index (χ0) is 18.8. The van der Waals surface area contributed by atoms with Gasteiger partial charge < -0.3 is 5.32 Å². The highest BCUT2D eigenvalue weighted by molar-refractivity contribution is 6.15. The molecule has 0 saturated carbocycles. The van der Waals surface area contributed by atoms with Crippen LogP contribution >= 0.6 is 0 Å². The van der Waals surface area contributed by atoms with Crippen LogP contribution in [0.5, 0.6) is 0 Å². The highest BCUT2D eigenvalue weighted by atomic mass is 15.0. The molecule has 0 unspecified atom stereocenters. The number of hydrogen-bond donors (Lipinski definition) is 1. The molecule has 2 aromatic carbocycles. The van der Waals surface area contributed by atoms with E-state index in [0.29, 0.717) is 0 Å². The fourth-order valence-electron chi connectivity index (χ4n) is 3.18. The van der Waals surface area contributed by atoms with Crippen LogP contribution < -0.4 is 5.32 Å². The molecule has 0 radical (unpaired) electrons. The van der Waals surface area contributed by atoms with E-state index in [-0.39, 0.29) is 16.2 Å². The second-order valence-electron chi connectivity index (χ2n) is 10.5. The Kier molecular flexibility index (Phi) is 3.83. The number of nitrogens with one attached hydrogen (secondary N) is 1. The Morgan fingerprint density at radius 3 is 1.68 bits per heavy atom. The molecule has 2 heteroatoms. The van der Waals surface area contributed by atoms with Gasteiger partial charge in [0.1, 0.15) is 5.84 Å². The molecule has 0 spiro atoms. The lowest BCUT2D eigenvalue weighted by Crippen LogP contribution is -2.29. The van der Waals surface area contributed by atoms with Crippen LogP contribution in [0, 0.1) is 5.41 Å². The number of hydrogen-bond acceptors (Lipinski definition) is 2. The van der Waals surface area contributed by atoms with Gasteiger partial charge in [0, 0.05) is 16.5 Å². The summed E-state index contributed by atoms with van der Waals surface area (Å²) in [6, 6.07) is 9.27. The summed E-state index contributed by atoms with van der Waals surface area (Å²) in [5.41, 5.74) is 5.19. The van der Waals surface area contributed by atoms with Gasteiger partial charge in [0.25, 0.3) is 0 Å². The summed E-state index contributed by atoms with van der Waals surface area (Å²) in [6.45, 7) is 20.3. The molecule has 1 N–H and O–H groups in total. The molecule has 1 aliphatic heterocycles. The molecule has 0 aliphatic carbocycles. The number of nitrogens with zero attached hydrogens (tertiary/aromatic N) is 1. The van der Waals surface area contributed by atoms with E-state index < -0.39 is 0 Å².